The molecule has 1 aromatic heterocycles. The topological polar surface area (TPSA) is 62.2 Å². The number of benzene rings is 1. The van der Waals surface area contributed by atoms with Crippen molar-refractivity contribution < 1.29 is 9.90 Å². The minimum absolute atomic E-state index is 0.0443. The van der Waals surface area contributed by atoms with E-state index in [1.807, 2.05) is 31.2 Å². The number of nitrogens with one attached hydrogen (secondary N) is 1. The first kappa shape index (κ1) is 12.5. The molecule has 0 aliphatic heterocycles. The first-order valence-corrected chi connectivity index (χ1v) is 6.01. The number of pyridine rings is 1. The average molecular weight is 244 g/mol. The van der Waals surface area contributed by atoms with Crippen LogP contribution in [0.4, 0.5) is 0 Å². The average Bonchev–Trinajstić information content (AvgIpc) is 2.44. The number of aliphatic hydroxyl groups excluding tert-OH is 1. The van der Waals surface area contributed by atoms with Crippen LogP contribution in [-0.2, 0) is 0 Å². The molecule has 18 heavy (non-hydrogen) atoms. The Kier molecular flexibility index (Phi) is 3.89. The zero-order chi connectivity index (χ0) is 13.0. The van der Waals surface area contributed by atoms with Crippen LogP contribution in [-0.4, -0.2) is 28.6 Å². The zero-order valence-electron chi connectivity index (χ0n) is 10.3. The predicted molar refractivity (Wildman–Crippen MR) is 70.4 cm³/mol. The van der Waals surface area contributed by atoms with Gasteiger partial charge in [0.15, 0.2) is 0 Å². The van der Waals surface area contributed by atoms with E-state index < -0.39 is 0 Å². The highest BCUT2D eigenvalue weighted by molar-refractivity contribution is 5.98. The van der Waals surface area contributed by atoms with Crippen molar-refractivity contribution in [2.45, 2.75) is 19.4 Å². The number of amides is 1. The Bertz CT molecular complexity index is 550. The molecule has 0 bridgehead atoms. The molecule has 1 amide bonds. The lowest BCUT2D eigenvalue weighted by atomic mass is 10.1. The lowest BCUT2D eigenvalue weighted by Crippen LogP contribution is -2.36. The molecule has 0 saturated heterocycles. The molecule has 0 radical (unpaired) electrons. The van der Waals surface area contributed by atoms with Gasteiger partial charge in [-0.2, -0.15) is 0 Å². The van der Waals surface area contributed by atoms with Gasteiger partial charge in [0, 0.05) is 17.1 Å². The van der Waals surface area contributed by atoms with E-state index in [0.717, 1.165) is 10.9 Å². The van der Waals surface area contributed by atoms with E-state index in [9.17, 15) is 4.79 Å². The molecule has 0 aliphatic carbocycles. The van der Waals surface area contributed by atoms with Gasteiger partial charge in [-0.15, -0.1) is 0 Å². The number of hydrogen-bond acceptors (Lipinski definition) is 3. The Morgan fingerprint density at radius 2 is 2.28 bits per heavy atom. The van der Waals surface area contributed by atoms with E-state index >= 15 is 0 Å². The van der Waals surface area contributed by atoms with Crippen LogP contribution in [0.1, 0.15) is 23.7 Å². The number of aromatic nitrogens is 1. The Balaban J connectivity index is 2.22. The van der Waals surface area contributed by atoms with Crippen molar-refractivity contribution in [2.24, 2.45) is 0 Å². The number of hydrogen-bond donors (Lipinski definition) is 2. The summed E-state index contributed by atoms with van der Waals surface area (Å²) in [6.07, 6.45) is 2.43. The summed E-state index contributed by atoms with van der Waals surface area (Å²) in [5.74, 6) is -0.165. The molecule has 0 fully saturated rings. The summed E-state index contributed by atoms with van der Waals surface area (Å²) < 4.78 is 0. The van der Waals surface area contributed by atoms with Gasteiger partial charge >= 0.3 is 0 Å². The molecule has 1 aromatic carbocycles. The fourth-order valence-electron chi connectivity index (χ4n) is 1.76. The summed E-state index contributed by atoms with van der Waals surface area (Å²) in [6.45, 7) is 1.88. The van der Waals surface area contributed by atoms with Crippen LogP contribution in [0.15, 0.2) is 36.5 Å². The van der Waals surface area contributed by atoms with Crippen LogP contribution < -0.4 is 5.32 Å². The van der Waals surface area contributed by atoms with Crippen LogP contribution in [0.2, 0.25) is 0 Å². The molecular formula is C14H16N2O2. The number of carbonyl (C=O) groups is 1. The summed E-state index contributed by atoms with van der Waals surface area (Å²) in [5.41, 5.74) is 1.45. The number of rotatable bonds is 4. The molecule has 1 heterocycles. The van der Waals surface area contributed by atoms with Gasteiger partial charge < -0.3 is 10.4 Å². The number of nitrogens with zero attached hydrogens (tertiary/aromatic N) is 1. The summed E-state index contributed by atoms with van der Waals surface area (Å²) in [4.78, 5) is 16.2. The maximum Gasteiger partial charge on any atom is 0.251 e. The van der Waals surface area contributed by atoms with Gasteiger partial charge in [0.05, 0.1) is 18.2 Å². The third-order valence-electron chi connectivity index (χ3n) is 2.91. The van der Waals surface area contributed by atoms with E-state index in [4.69, 9.17) is 5.11 Å². The van der Waals surface area contributed by atoms with Crippen molar-refractivity contribution in [2.75, 3.05) is 6.61 Å². The molecule has 2 aromatic rings. The zero-order valence-corrected chi connectivity index (χ0v) is 10.3. The van der Waals surface area contributed by atoms with E-state index in [2.05, 4.69) is 10.3 Å². The second kappa shape index (κ2) is 5.60. The predicted octanol–water partition coefficient (Wildman–Crippen LogP) is 1.74. The highest BCUT2D eigenvalue weighted by Gasteiger charge is 2.11. The number of aliphatic hydroxyl groups is 1. The summed E-state index contributed by atoms with van der Waals surface area (Å²) in [5, 5.41) is 12.8. The van der Waals surface area contributed by atoms with Crippen molar-refractivity contribution in [3.63, 3.8) is 0 Å². The molecule has 2 N–H and O–H groups in total. The van der Waals surface area contributed by atoms with Crippen LogP contribution in [0.5, 0.6) is 0 Å². The first-order valence-electron chi connectivity index (χ1n) is 6.01. The Morgan fingerprint density at radius 3 is 3.00 bits per heavy atom. The number of fused-ring (bicyclic) bond motifs is 1. The van der Waals surface area contributed by atoms with Crippen LogP contribution in [0, 0.1) is 0 Å². The van der Waals surface area contributed by atoms with Gasteiger partial charge in [0.2, 0.25) is 0 Å². The third-order valence-corrected chi connectivity index (χ3v) is 2.91. The van der Waals surface area contributed by atoms with Crippen molar-refractivity contribution in [3.05, 3.63) is 42.1 Å². The molecule has 0 spiro atoms. The van der Waals surface area contributed by atoms with Gasteiger partial charge in [-0.25, -0.2) is 0 Å². The summed E-state index contributed by atoms with van der Waals surface area (Å²) in [7, 11) is 0. The van der Waals surface area contributed by atoms with Crippen molar-refractivity contribution in [3.8, 4) is 0 Å². The molecule has 4 heteroatoms. The quantitative estimate of drug-likeness (QED) is 0.861. The fraction of sp³-hybridized carbons (Fsp3) is 0.286. The van der Waals surface area contributed by atoms with Gasteiger partial charge in [-0.1, -0.05) is 13.0 Å². The lowest BCUT2D eigenvalue weighted by Gasteiger charge is -2.14. The van der Waals surface area contributed by atoms with Crippen LogP contribution in [0.25, 0.3) is 10.9 Å². The van der Waals surface area contributed by atoms with Crippen molar-refractivity contribution in [1.29, 1.82) is 0 Å². The summed E-state index contributed by atoms with van der Waals surface area (Å²) >= 11 is 0. The Labute approximate surface area is 106 Å². The Morgan fingerprint density at radius 1 is 1.44 bits per heavy atom. The minimum Gasteiger partial charge on any atom is -0.394 e. The van der Waals surface area contributed by atoms with Gasteiger partial charge in [-0.05, 0) is 30.7 Å². The monoisotopic (exact) mass is 244 g/mol. The van der Waals surface area contributed by atoms with Crippen molar-refractivity contribution in [1.82, 2.24) is 10.3 Å². The first-order chi connectivity index (χ1) is 8.74. The smallest absolute Gasteiger partial charge is 0.251 e. The molecule has 0 aliphatic rings. The van der Waals surface area contributed by atoms with Gasteiger partial charge in [0.25, 0.3) is 5.91 Å². The highest BCUT2D eigenvalue weighted by atomic mass is 16.3. The number of carbonyl (C=O) groups excluding carboxylic acids is 1. The molecule has 2 rings (SSSR count). The molecule has 0 saturated carbocycles. The SMILES string of the molecule is CCC(CO)NC(=O)c1ccc2ncccc2c1. The maximum absolute atomic E-state index is 12.0. The second-order valence-electron chi connectivity index (χ2n) is 4.17. The normalized spacial score (nSPS) is 12.3. The lowest BCUT2D eigenvalue weighted by molar-refractivity contribution is 0.0915. The third kappa shape index (κ3) is 2.65. The van der Waals surface area contributed by atoms with Crippen molar-refractivity contribution >= 4 is 16.8 Å². The Hall–Kier alpha value is -1.94. The van der Waals surface area contributed by atoms with E-state index in [-0.39, 0.29) is 18.6 Å². The van der Waals surface area contributed by atoms with Gasteiger partial charge in [0.1, 0.15) is 0 Å². The minimum atomic E-state index is -0.193. The van der Waals surface area contributed by atoms with E-state index in [1.54, 1.807) is 12.3 Å². The van der Waals surface area contributed by atoms with Crippen LogP contribution in [0.3, 0.4) is 0 Å². The van der Waals surface area contributed by atoms with Crippen LogP contribution >= 0.6 is 0 Å². The molecule has 1 unspecified atom stereocenters. The highest BCUT2D eigenvalue weighted by Crippen LogP contribution is 2.13. The van der Waals surface area contributed by atoms with E-state index in [1.165, 1.54) is 0 Å². The largest absolute Gasteiger partial charge is 0.394 e. The summed E-state index contributed by atoms with van der Waals surface area (Å²) in [6, 6.07) is 8.94. The standard InChI is InChI=1S/C14H16N2O2/c1-2-12(9-17)16-14(18)11-5-6-13-10(8-11)4-3-7-15-13/h3-8,12,17H,2,9H2,1H3,(H,16,18). The molecule has 1 atom stereocenters. The fourth-order valence-corrected chi connectivity index (χ4v) is 1.76. The molecule has 4 nitrogen and oxygen atoms in total. The molecular weight excluding hydrogens is 228 g/mol. The maximum atomic E-state index is 12.0. The molecule has 94 valence electrons. The second-order valence-corrected chi connectivity index (χ2v) is 4.17. The van der Waals surface area contributed by atoms with E-state index in [0.29, 0.717) is 12.0 Å². The van der Waals surface area contributed by atoms with Gasteiger partial charge in [-0.3, -0.25) is 9.78 Å².